The lowest BCUT2D eigenvalue weighted by Gasteiger charge is -1.92. The van der Waals surface area contributed by atoms with Crippen LogP contribution in [0.5, 0.6) is 0 Å². The van der Waals surface area contributed by atoms with Crippen LogP contribution in [0, 0.1) is 10.1 Å². The third-order valence-electron chi connectivity index (χ3n) is 1.44. The zero-order valence-corrected chi connectivity index (χ0v) is 7.38. The van der Waals surface area contributed by atoms with E-state index in [0.29, 0.717) is 5.56 Å². The van der Waals surface area contributed by atoms with Gasteiger partial charge in [-0.1, -0.05) is 0 Å². The third-order valence-corrected chi connectivity index (χ3v) is 1.44. The summed E-state index contributed by atoms with van der Waals surface area (Å²) in [6, 6.07) is 0. The van der Waals surface area contributed by atoms with E-state index >= 15 is 0 Å². The summed E-state index contributed by atoms with van der Waals surface area (Å²) in [6.07, 6.45) is 5.22. The van der Waals surface area contributed by atoms with E-state index in [9.17, 15) is 14.9 Å². The summed E-state index contributed by atoms with van der Waals surface area (Å²) in [7, 11) is 0. The van der Waals surface area contributed by atoms with Gasteiger partial charge in [0, 0.05) is 31.0 Å². The molecule has 1 heterocycles. The quantitative estimate of drug-likeness (QED) is 0.400. The molecule has 0 aliphatic carbocycles. The van der Waals surface area contributed by atoms with Crippen molar-refractivity contribution in [3.8, 4) is 0 Å². The highest BCUT2D eigenvalue weighted by atomic mass is 16.6. The molecule has 0 saturated heterocycles. The molecule has 0 spiro atoms. The van der Waals surface area contributed by atoms with Crippen LogP contribution in [-0.2, 0) is 4.79 Å². The van der Waals surface area contributed by atoms with Gasteiger partial charge in [0.05, 0.1) is 4.92 Å². The molecule has 6 nitrogen and oxygen atoms in total. The maximum atomic E-state index is 10.8. The molecule has 0 radical (unpaired) electrons. The zero-order chi connectivity index (χ0) is 10.6. The fraction of sp³-hybridized carbons (Fsp3) is 0.125. The highest BCUT2D eigenvalue weighted by molar-refractivity contribution is 5.95. The summed E-state index contributed by atoms with van der Waals surface area (Å²) in [5.74, 6) is -0.598. The van der Waals surface area contributed by atoms with Gasteiger partial charge in [-0.15, -0.1) is 0 Å². The second-order valence-electron chi connectivity index (χ2n) is 2.51. The molecule has 0 saturated carbocycles. The van der Waals surface area contributed by atoms with Gasteiger partial charge in [0.1, 0.15) is 6.33 Å². The lowest BCUT2D eigenvalue weighted by Crippen LogP contribution is -2.07. The second-order valence-corrected chi connectivity index (χ2v) is 2.51. The molecule has 0 fully saturated rings. The van der Waals surface area contributed by atoms with Crippen LogP contribution in [-0.4, -0.2) is 20.7 Å². The number of rotatable bonds is 3. The Balaban J connectivity index is 3.06. The van der Waals surface area contributed by atoms with Crippen LogP contribution < -0.4 is 0 Å². The summed E-state index contributed by atoms with van der Waals surface area (Å²) in [6.45, 7) is 1.14. The number of carbonyl (C=O) groups is 1. The highest BCUT2D eigenvalue weighted by Gasteiger charge is 2.16. The molecular formula is C8H7N3O3. The number of nitro groups is 1. The number of ketones is 1. The van der Waals surface area contributed by atoms with E-state index in [-0.39, 0.29) is 0 Å². The average Bonchev–Trinajstić information content (AvgIpc) is 2.15. The molecule has 0 bridgehead atoms. The minimum atomic E-state index is -0.727. The maximum absolute atomic E-state index is 10.8. The van der Waals surface area contributed by atoms with E-state index in [1.165, 1.54) is 18.7 Å². The third kappa shape index (κ3) is 2.44. The molecule has 0 amide bonds. The lowest BCUT2D eigenvalue weighted by molar-refractivity contribution is -0.417. The fourth-order valence-electron chi connectivity index (χ4n) is 0.826. The molecule has 0 unspecified atom stereocenters. The molecule has 0 atom stereocenters. The van der Waals surface area contributed by atoms with Crippen LogP contribution in [0.1, 0.15) is 12.5 Å². The Kier molecular flexibility index (Phi) is 3.01. The van der Waals surface area contributed by atoms with E-state index in [4.69, 9.17) is 0 Å². The maximum Gasteiger partial charge on any atom is 0.312 e. The topological polar surface area (TPSA) is 86.0 Å². The van der Waals surface area contributed by atoms with E-state index < -0.39 is 16.4 Å². The van der Waals surface area contributed by atoms with Crippen molar-refractivity contribution in [1.82, 2.24) is 9.97 Å². The van der Waals surface area contributed by atoms with Crippen molar-refractivity contribution in [2.75, 3.05) is 0 Å². The van der Waals surface area contributed by atoms with Crippen molar-refractivity contribution in [1.29, 1.82) is 0 Å². The van der Waals surface area contributed by atoms with Crippen LogP contribution >= 0.6 is 0 Å². The number of aromatic nitrogens is 2. The molecule has 72 valence electrons. The van der Waals surface area contributed by atoms with E-state index in [0.717, 1.165) is 13.0 Å². The van der Waals surface area contributed by atoms with Gasteiger partial charge in [0.25, 0.3) is 0 Å². The minimum absolute atomic E-state index is 0.425. The Morgan fingerprint density at radius 3 is 2.50 bits per heavy atom. The van der Waals surface area contributed by atoms with Gasteiger partial charge in [0.15, 0.2) is 0 Å². The Morgan fingerprint density at radius 2 is 2.07 bits per heavy atom. The average molecular weight is 193 g/mol. The van der Waals surface area contributed by atoms with Crippen LogP contribution in [0.15, 0.2) is 24.4 Å². The number of nitrogens with zero attached hydrogens (tertiary/aromatic N) is 3. The number of hydrogen-bond acceptors (Lipinski definition) is 5. The van der Waals surface area contributed by atoms with Crippen LogP contribution in [0.2, 0.25) is 0 Å². The van der Waals surface area contributed by atoms with Gasteiger partial charge in [-0.05, 0) is 0 Å². The smallest absolute Gasteiger partial charge is 0.288 e. The second kappa shape index (κ2) is 4.22. The van der Waals surface area contributed by atoms with Gasteiger partial charge in [0.2, 0.25) is 5.78 Å². The summed E-state index contributed by atoms with van der Waals surface area (Å²) in [5, 5.41) is 10.4. The lowest BCUT2D eigenvalue weighted by atomic mass is 10.2. The van der Waals surface area contributed by atoms with Crippen molar-refractivity contribution in [3.05, 3.63) is 40.1 Å². The largest absolute Gasteiger partial charge is 0.312 e. The number of Topliss-reactive ketones (excluding diaryl/α,β-unsaturated/α-hetero) is 1. The molecule has 1 rings (SSSR count). The molecule has 6 heteroatoms. The summed E-state index contributed by atoms with van der Waals surface area (Å²) >= 11 is 0. The van der Waals surface area contributed by atoms with Gasteiger partial charge >= 0.3 is 5.70 Å². The first-order chi connectivity index (χ1) is 6.61. The summed E-state index contributed by atoms with van der Waals surface area (Å²) < 4.78 is 0. The molecule has 1 aromatic heterocycles. The fourth-order valence-corrected chi connectivity index (χ4v) is 0.826. The van der Waals surface area contributed by atoms with E-state index in [1.54, 1.807) is 0 Å². The van der Waals surface area contributed by atoms with Crippen molar-refractivity contribution in [2.24, 2.45) is 0 Å². The van der Waals surface area contributed by atoms with Crippen molar-refractivity contribution in [2.45, 2.75) is 6.92 Å². The first-order valence-corrected chi connectivity index (χ1v) is 3.73. The Morgan fingerprint density at radius 1 is 1.50 bits per heavy atom. The summed E-state index contributed by atoms with van der Waals surface area (Å²) in [5.41, 5.74) is -0.0470. The molecule has 0 aromatic carbocycles. The number of allylic oxidation sites excluding steroid dienone is 1. The normalized spacial score (nSPS) is 11.1. The van der Waals surface area contributed by atoms with Crippen molar-refractivity contribution >= 4 is 11.9 Å². The first kappa shape index (κ1) is 9.97. The molecule has 0 aliphatic heterocycles. The summed E-state index contributed by atoms with van der Waals surface area (Å²) in [4.78, 5) is 27.9. The van der Waals surface area contributed by atoms with Gasteiger partial charge in [-0.3, -0.25) is 14.9 Å². The van der Waals surface area contributed by atoms with Crippen LogP contribution in [0.3, 0.4) is 0 Å². The number of carbonyl (C=O) groups excluding carboxylic acids is 1. The molecule has 14 heavy (non-hydrogen) atoms. The first-order valence-electron chi connectivity index (χ1n) is 3.73. The molecule has 0 aliphatic rings. The van der Waals surface area contributed by atoms with E-state index in [2.05, 4.69) is 9.97 Å². The Hall–Kier alpha value is -2.11. The predicted octanol–water partition coefficient (Wildman–Crippen LogP) is 0.683. The van der Waals surface area contributed by atoms with Gasteiger partial charge in [-0.2, -0.15) is 0 Å². The Labute approximate surface area is 79.5 Å². The van der Waals surface area contributed by atoms with Gasteiger partial charge in [-0.25, -0.2) is 9.97 Å². The molecule has 1 aromatic rings. The molecular weight excluding hydrogens is 186 g/mol. The van der Waals surface area contributed by atoms with Crippen LogP contribution in [0.25, 0.3) is 6.08 Å². The van der Waals surface area contributed by atoms with Crippen LogP contribution in [0.4, 0.5) is 0 Å². The van der Waals surface area contributed by atoms with Crippen molar-refractivity contribution < 1.29 is 9.72 Å². The van der Waals surface area contributed by atoms with Gasteiger partial charge < -0.3 is 0 Å². The zero-order valence-electron chi connectivity index (χ0n) is 7.38. The molecule has 0 N–H and O–H groups in total. The van der Waals surface area contributed by atoms with E-state index in [1.807, 2.05) is 0 Å². The standard InChI is InChI=1S/C8H7N3O3/c1-6(12)8(11(13)14)2-7-3-9-5-10-4-7/h2-5H,1H3. The highest BCUT2D eigenvalue weighted by Crippen LogP contribution is 2.05. The van der Waals surface area contributed by atoms with Crippen molar-refractivity contribution in [3.63, 3.8) is 0 Å². The number of hydrogen-bond donors (Lipinski definition) is 0. The minimum Gasteiger partial charge on any atom is -0.288 e. The SMILES string of the molecule is CC(=O)C(=Cc1cncnc1)[N+](=O)[O-]. The Bertz CT molecular complexity index is 370. The monoisotopic (exact) mass is 193 g/mol. The predicted molar refractivity (Wildman–Crippen MR) is 47.7 cm³/mol.